The maximum atomic E-state index is 12.8. The van der Waals surface area contributed by atoms with Gasteiger partial charge in [-0.1, -0.05) is 52.7 Å². The number of rotatable bonds is 4. The predicted octanol–water partition coefficient (Wildman–Crippen LogP) is 7.35. The van der Waals surface area contributed by atoms with E-state index >= 15 is 0 Å². The van der Waals surface area contributed by atoms with E-state index in [-0.39, 0.29) is 0 Å². The Hall–Kier alpha value is -2.50. The normalized spacial score (nSPS) is 9.59. The molecule has 3 nitrogen and oxygen atoms in total. The minimum atomic E-state index is -4.36. The molecule has 0 fully saturated rings. The lowest BCUT2D eigenvalue weighted by atomic mass is 9.97. The smallest absolute Gasteiger partial charge is 0.416 e. The van der Waals surface area contributed by atoms with Crippen molar-refractivity contribution in [3.8, 4) is 22.6 Å². The SMILES string of the molecule is C=O.CC.CCCC.COc1ccc(-c2cc(C(F)(F)F)ccc2C)cc1OC. The molecule has 0 N–H and O–H groups in total. The molecule has 0 bridgehead atoms. The van der Waals surface area contributed by atoms with Crippen LogP contribution in [0.25, 0.3) is 11.1 Å². The monoisotopic (exact) mass is 414 g/mol. The van der Waals surface area contributed by atoms with Crippen molar-refractivity contribution < 1.29 is 27.4 Å². The average molecular weight is 415 g/mol. The van der Waals surface area contributed by atoms with Gasteiger partial charge in [-0.05, 0) is 47.9 Å². The first-order chi connectivity index (χ1) is 13.8. The largest absolute Gasteiger partial charge is 0.493 e. The third-order valence-corrected chi connectivity index (χ3v) is 3.76. The van der Waals surface area contributed by atoms with Gasteiger partial charge in [0.1, 0.15) is 6.79 Å². The summed E-state index contributed by atoms with van der Waals surface area (Å²) in [6, 6.07) is 8.75. The van der Waals surface area contributed by atoms with Gasteiger partial charge in [0.15, 0.2) is 11.5 Å². The Morgan fingerprint density at radius 2 is 1.38 bits per heavy atom. The van der Waals surface area contributed by atoms with Gasteiger partial charge >= 0.3 is 6.18 Å². The number of ether oxygens (including phenoxy) is 2. The maximum Gasteiger partial charge on any atom is 0.416 e. The molecule has 29 heavy (non-hydrogen) atoms. The van der Waals surface area contributed by atoms with E-state index in [1.165, 1.54) is 33.1 Å². The lowest BCUT2D eigenvalue weighted by molar-refractivity contribution is -0.137. The van der Waals surface area contributed by atoms with Gasteiger partial charge in [-0.3, -0.25) is 0 Å². The molecule has 0 aliphatic rings. The molecule has 0 aliphatic heterocycles. The molecule has 164 valence electrons. The van der Waals surface area contributed by atoms with Crippen molar-refractivity contribution in [1.82, 2.24) is 0 Å². The minimum absolute atomic E-state index is 0.479. The van der Waals surface area contributed by atoms with Crippen molar-refractivity contribution in [3.63, 3.8) is 0 Å². The third kappa shape index (κ3) is 9.50. The van der Waals surface area contributed by atoms with Gasteiger partial charge in [-0.2, -0.15) is 13.2 Å². The zero-order valence-electron chi connectivity index (χ0n) is 18.4. The van der Waals surface area contributed by atoms with Crippen molar-refractivity contribution in [2.45, 2.75) is 53.6 Å². The lowest BCUT2D eigenvalue weighted by Gasteiger charge is -2.14. The number of carbonyl (C=O) groups is 1. The number of hydrogen-bond acceptors (Lipinski definition) is 3. The quantitative estimate of drug-likeness (QED) is 0.525. The minimum Gasteiger partial charge on any atom is -0.493 e. The second kappa shape index (κ2) is 15.4. The van der Waals surface area contributed by atoms with Gasteiger partial charge in [0.25, 0.3) is 0 Å². The Labute approximate surface area is 172 Å². The Bertz CT molecular complexity index is 696. The van der Waals surface area contributed by atoms with E-state index in [0.717, 1.165) is 17.7 Å². The summed E-state index contributed by atoms with van der Waals surface area (Å²) in [7, 11) is 2.99. The number of aryl methyl sites for hydroxylation is 1. The molecule has 0 atom stereocenters. The molecule has 2 aromatic carbocycles. The van der Waals surface area contributed by atoms with Gasteiger partial charge in [0.2, 0.25) is 0 Å². The van der Waals surface area contributed by atoms with E-state index in [2.05, 4.69) is 13.8 Å². The molecule has 0 aliphatic carbocycles. The van der Waals surface area contributed by atoms with Crippen LogP contribution >= 0.6 is 0 Å². The first-order valence-corrected chi connectivity index (χ1v) is 9.47. The molecule has 0 unspecified atom stereocenters. The molecule has 0 spiro atoms. The van der Waals surface area contributed by atoms with Crippen LogP contribution in [0.4, 0.5) is 13.2 Å². The number of unbranched alkanes of at least 4 members (excludes halogenated alkanes) is 1. The van der Waals surface area contributed by atoms with Crippen LogP contribution < -0.4 is 9.47 Å². The average Bonchev–Trinajstić information content (AvgIpc) is 2.75. The van der Waals surface area contributed by atoms with E-state index in [4.69, 9.17) is 14.3 Å². The molecular weight excluding hydrogens is 381 g/mol. The van der Waals surface area contributed by atoms with Crippen LogP contribution in [0.15, 0.2) is 36.4 Å². The number of benzene rings is 2. The Morgan fingerprint density at radius 1 is 0.862 bits per heavy atom. The van der Waals surface area contributed by atoms with Crippen molar-refractivity contribution in [2.75, 3.05) is 14.2 Å². The van der Waals surface area contributed by atoms with Crippen LogP contribution in [0.2, 0.25) is 0 Å². The van der Waals surface area contributed by atoms with Crippen molar-refractivity contribution in [2.24, 2.45) is 0 Å². The highest BCUT2D eigenvalue weighted by molar-refractivity contribution is 5.71. The van der Waals surface area contributed by atoms with Gasteiger partial charge in [-0.25, -0.2) is 0 Å². The second-order valence-corrected chi connectivity index (χ2v) is 5.60. The number of hydrogen-bond donors (Lipinski definition) is 0. The van der Waals surface area contributed by atoms with Crippen molar-refractivity contribution in [1.29, 1.82) is 0 Å². The van der Waals surface area contributed by atoms with E-state index in [1.807, 2.05) is 20.6 Å². The highest BCUT2D eigenvalue weighted by Gasteiger charge is 2.30. The molecule has 6 heteroatoms. The van der Waals surface area contributed by atoms with E-state index in [1.54, 1.807) is 25.1 Å². The summed E-state index contributed by atoms with van der Waals surface area (Å²) < 4.78 is 48.8. The van der Waals surface area contributed by atoms with Gasteiger partial charge in [0.05, 0.1) is 19.8 Å². The van der Waals surface area contributed by atoms with Crippen LogP contribution in [0.1, 0.15) is 51.7 Å². The Balaban J connectivity index is 0. The summed E-state index contributed by atoms with van der Waals surface area (Å²) in [6.45, 7) is 12.1. The predicted molar refractivity (Wildman–Crippen MR) is 114 cm³/mol. The van der Waals surface area contributed by atoms with Gasteiger partial charge < -0.3 is 14.3 Å². The van der Waals surface area contributed by atoms with Crippen LogP contribution in [-0.4, -0.2) is 21.0 Å². The van der Waals surface area contributed by atoms with E-state index < -0.39 is 11.7 Å². The zero-order chi connectivity index (χ0) is 23.0. The van der Waals surface area contributed by atoms with Crippen LogP contribution in [0, 0.1) is 6.92 Å². The highest BCUT2D eigenvalue weighted by atomic mass is 19.4. The van der Waals surface area contributed by atoms with Crippen LogP contribution in [-0.2, 0) is 11.0 Å². The zero-order valence-corrected chi connectivity index (χ0v) is 18.4. The van der Waals surface area contributed by atoms with E-state index in [9.17, 15) is 13.2 Å². The molecule has 2 aromatic rings. The summed E-state index contributed by atoms with van der Waals surface area (Å²) >= 11 is 0. The summed E-state index contributed by atoms with van der Waals surface area (Å²) in [4.78, 5) is 8.00. The molecule has 0 amide bonds. The Morgan fingerprint density at radius 3 is 1.79 bits per heavy atom. The molecule has 0 heterocycles. The number of carbonyl (C=O) groups excluding carboxylic acids is 1. The number of alkyl halides is 3. The summed E-state index contributed by atoms with van der Waals surface area (Å²) in [6.07, 6.45) is -1.72. The number of halogens is 3. The van der Waals surface area contributed by atoms with Crippen molar-refractivity contribution >= 4 is 6.79 Å². The van der Waals surface area contributed by atoms with Gasteiger partial charge in [0, 0.05) is 0 Å². The molecule has 0 radical (unpaired) electrons. The maximum absolute atomic E-state index is 12.8. The van der Waals surface area contributed by atoms with E-state index in [0.29, 0.717) is 22.6 Å². The standard InChI is InChI=1S/C16H15F3O2.C4H10.C2H6.CH2O/c1-10-4-6-12(16(17,18)19)9-13(10)11-5-7-14(20-2)15(8-11)21-3;1-3-4-2;2*1-2/h4-9H,1-3H3;3-4H2,1-2H3;1-2H3;1H2. The fraction of sp³-hybridized carbons (Fsp3) is 0.435. The topological polar surface area (TPSA) is 35.5 Å². The fourth-order valence-corrected chi connectivity index (χ4v) is 2.11. The molecule has 0 saturated heterocycles. The van der Waals surface area contributed by atoms with Crippen molar-refractivity contribution in [3.05, 3.63) is 47.5 Å². The highest BCUT2D eigenvalue weighted by Crippen LogP contribution is 2.37. The van der Waals surface area contributed by atoms with Gasteiger partial charge in [-0.15, -0.1) is 0 Å². The first kappa shape index (κ1) is 28.7. The Kier molecular flexibility index (Phi) is 15.3. The first-order valence-electron chi connectivity index (χ1n) is 9.47. The summed E-state index contributed by atoms with van der Waals surface area (Å²) in [5.74, 6) is 1.01. The second-order valence-electron chi connectivity index (χ2n) is 5.60. The molecular formula is C23H33F3O3. The summed E-state index contributed by atoms with van der Waals surface area (Å²) in [5.41, 5.74) is 1.26. The third-order valence-electron chi connectivity index (χ3n) is 3.76. The lowest BCUT2D eigenvalue weighted by Crippen LogP contribution is -2.05. The fourth-order valence-electron chi connectivity index (χ4n) is 2.11. The molecule has 0 saturated carbocycles. The number of methoxy groups -OCH3 is 2. The van der Waals surface area contributed by atoms with Crippen LogP contribution in [0.5, 0.6) is 11.5 Å². The summed E-state index contributed by atoms with van der Waals surface area (Å²) in [5, 5.41) is 0. The van der Waals surface area contributed by atoms with Crippen LogP contribution in [0.3, 0.4) is 0 Å². The molecule has 2 rings (SSSR count). The molecule has 0 aromatic heterocycles.